The Labute approximate surface area is 39.4 Å². The summed E-state index contributed by atoms with van der Waals surface area (Å²) in [6.45, 7) is 0. The van der Waals surface area contributed by atoms with Gasteiger partial charge < -0.3 is 0 Å². The first-order chi connectivity index (χ1) is 2.89. The van der Waals surface area contributed by atoms with E-state index in [0.717, 1.165) is 0 Å². The first-order valence-electron chi connectivity index (χ1n) is 1.87. The van der Waals surface area contributed by atoms with Crippen LogP contribution in [0.25, 0.3) is 0 Å². The highest BCUT2D eigenvalue weighted by Crippen LogP contribution is 1.94. The Kier molecular flexibility index (Phi) is 0.894. The van der Waals surface area contributed by atoms with Crippen molar-refractivity contribution in [3.63, 3.8) is 0 Å². The van der Waals surface area contributed by atoms with Crippen LogP contribution in [0, 0.1) is 0 Å². The topological polar surface area (TPSA) is 0 Å². The van der Waals surface area contributed by atoms with E-state index in [1.165, 1.54) is 5.29 Å². The standard InChI is InChI=1S/C5H5P/c6-5-3-1-2-4-5/h1-4,6H/p+1. The van der Waals surface area contributed by atoms with Crippen LogP contribution in [0.5, 0.6) is 0 Å². The third kappa shape index (κ3) is 0.580. The molecule has 0 N–H and O–H groups in total. The van der Waals surface area contributed by atoms with Crippen molar-refractivity contribution in [1.29, 1.82) is 0 Å². The van der Waals surface area contributed by atoms with E-state index in [1.54, 1.807) is 0 Å². The second-order valence-electron chi connectivity index (χ2n) is 1.22. The third-order valence-electron chi connectivity index (χ3n) is 0.688. The van der Waals surface area contributed by atoms with Crippen LogP contribution >= 0.6 is 8.86 Å². The molecular weight excluding hydrogens is 91.0 g/mol. The molecule has 1 heteroatoms. The average molecular weight is 97.1 g/mol. The quantitative estimate of drug-likeness (QED) is 0.398. The van der Waals surface area contributed by atoms with Crippen molar-refractivity contribution in [2.45, 2.75) is 0 Å². The van der Waals surface area contributed by atoms with Crippen molar-refractivity contribution in [2.24, 2.45) is 0 Å². The molecule has 1 aliphatic rings. The molecule has 0 radical (unpaired) electrons. The van der Waals surface area contributed by atoms with Gasteiger partial charge in [-0.2, -0.15) is 0 Å². The SMILES string of the molecule is [PH2+]=C1C=CC=C1. The molecule has 0 spiro atoms. The Morgan fingerprint density at radius 3 is 1.83 bits per heavy atom. The molecule has 0 saturated heterocycles. The maximum atomic E-state index is 2.62. The van der Waals surface area contributed by atoms with Gasteiger partial charge in [-0.05, 0) is 12.2 Å². The van der Waals surface area contributed by atoms with Crippen LogP contribution in [0.15, 0.2) is 24.3 Å². The van der Waals surface area contributed by atoms with E-state index in [-0.39, 0.29) is 0 Å². The van der Waals surface area contributed by atoms with Gasteiger partial charge >= 0.3 is 0 Å². The van der Waals surface area contributed by atoms with Gasteiger partial charge in [-0.3, -0.25) is 0 Å². The predicted molar refractivity (Wildman–Crippen MR) is 33.0 cm³/mol. The molecule has 1 aliphatic carbocycles. The molecule has 30 valence electrons. The molecule has 0 aliphatic heterocycles. The Hall–Kier alpha value is -0.350. The van der Waals surface area contributed by atoms with Gasteiger partial charge in [0.15, 0.2) is 0 Å². The van der Waals surface area contributed by atoms with Crippen LogP contribution in [0.1, 0.15) is 0 Å². The summed E-state index contributed by atoms with van der Waals surface area (Å²) in [5.41, 5.74) is 0. The van der Waals surface area contributed by atoms with E-state index in [4.69, 9.17) is 0 Å². The normalized spacial score (nSPS) is 17.0. The van der Waals surface area contributed by atoms with E-state index in [9.17, 15) is 0 Å². The van der Waals surface area contributed by atoms with Crippen LogP contribution in [0.2, 0.25) is 0 Å². The maximum Gasteiger partial charge on any atom is 0.138 e. The average Bonchev–Trinajstić information content (AvgIpc) is 1.86. The molecule has 1 unspecified atom stereocenters. The zero-order valence-corrected chi connectivity index (χ0v) is 4.54. The first kappa shape index (κ1) is 3.83. The zero-order valence-electron chi connectivity index (χ0n) is 3.39. The van der Waals surface area contributed by atoms with Gasteiger partial charge in [-0.25, -0.2) is 0 Å². The summed E-state index contributed by atoms with van der Waals surface area (Å²) in [6, 6.07) is 0. The molecule has 0 aromatic rings. The summed E-state index contributed by atoms with van der Waals surface area (Å²) in [5.74, 6) is 0. The van der Waals surface area contributed by atoms with Crippen LogP contribution in [-0.4, -0.2) is 5.29 Å². The van der Waals surface area contributed by atoms with E-state index in [1.807, 2.05) is 24.3 Å². The molecule has 1 rings (SSSR count). The van der Waals surface area contributed by atoms with Crippen LogP contribution in [0.3, 0.4) is 0 Å². The fourth-order valence-corrected chi connectivity index (χ4v) is 0.611. The largest absolute Gasteiger partial charge is 0.138 e. The smallest absolute Gasteiger partial charge is 0.0577 e. The number of hydrogen-bond donors (Lipinski definition) is 0. The van der Waals surface area contributed by atoms with Gasteiger partial charge in [0.25, 0.3) is 0 Å². The summed E-state index contributed by atoms with van der Waals surface area (Å²) < 4.78 is 0. The summed E-state index contributed by atoms with van der Waals surface area (Å²) >= 11 is 0. The summed E-state index contributed by atoms with van der Waals surface area (Å²) in [6.07, 6.45) is 8.12. The maximum absolute atomic E-state index is 2.62. The number of hydrogen-bond acceptors (Lipinski definition) is 0. The minimum absolute atomic E-state index is 1.26. The lowest BCUT2D eigenvalue weighted by atomic mass is 10.5. The second-order valence-corrected chi connectivity index (χ2v) is 1.88. The van der Waals surface area contributed by atoms with Gasteiger partial charge in [0.05, 0.1) is 8.86 Å². The summed E-state index contributed by atoms with van der Waals surface area (Å²) in [4.78, 5) is 0. The molecule has 6 heavy (non-hydrogen) atoms. The van der Waals surface area contributed by atoms with Crippen molar-refractivity contribution >= 4 is 14.2 Å². The molecule has 1 atom stereocenters. The molecule has 0 nitrogen and oxygen atoms in total. The fraction of sp³-hybridized carbons (Fsp3) is 0. The lowest BCUT2D eigenvalue weighted by Crippen LogP contribution is -1.68. The molecule has 0 amide bonds. The molecule has 0 saturated carbocycles. The molecular formula is C5H6P+. The van der Waals surface area contributed by atoms with Crippen molar-refractivity contribution in [3.05, 3.63) is 24.3 Å². The van der Waals surface area contributed by atoms with Crippen molar-refractivity contribution in [3.8, 4) is 0 Å². The third-order valence-corrected chi connectivity index (χ3v) is 1.07. The van der Waals surface area contributed by atoms with E-state index >= 15 is 0 Å². The fourth-order valence-electron chi connectivity index (χ4n) is 0.389. The molecule has 0 aromatic carbocycles. The Morgan fingerprint density at radius 2 is 1.67 bits per heavy atom. The highest BCUT2D eigenvalue weighted by molar-refractivity contribution is 7.22. The minimum Gasteiger partial charge on any atom is -0.0577 e. The van der Waals surface area contributed by atoms with Crippen molar-refractivity contribution in [1.82, 2.24) is 0 Å². The Balaban J connectivity index is 2.86. The predicted octanol–water partition coefficient (Wildman–Crippen LogP) is 1.16. The molecule has 0 heterocycles. The van der Waals surface area contributed by atoms with Gasteiger partial charge in [0.1, 0.15) is 5.29 Å². The van der Waals surface area contributed by atoms with Crippen LogP contribution in [0.4, 0.5) is 0 Å². The molecule has 0 fully saturated rings. The number of allylic oxidation sites excluding steroid dienone is 4. The van der Waals surface area contributed by atoms with Gasteiger partial charge in [0, 0.05) is 0 Å². The van der Waals surface area contributed by atoms with Crippen molar-refractivity contribution in [2.75, 3.05) is 0 Å². The molecule has 0 aromatic heterocycles. The second kappa shape index (κ2) is 1.40. The highest BCUT2D eigenvalue weighted by Gasteiger charge is 1.88. The van der Waals surface area contributed by atoms with E-state index in [0.29, 0.717) is 0 Å². The van der Waals surface area contributed by atoms with E-state index in [2.05, 4.69) is 8.86 Å². The van der Waals surface area contributed by atoms with Crippen molar-refractivity contribution < 1.29 is 0 Å². The van der Waals surface area contributed by atoms with Gasteiger partial charge in [-0.1, -0.05) is 12.2 Å². The van der Waals surface area contributed by atoms with Gasteiger partial charge in [0.2, 0.25) is 0 Å². The van der Waals surface area contributed by atoms with Crippen LogP contribution < -0.4 is 0 Å². The monoisotopic (exact) mass is 97.0 g/mol. The minimum atomic E-state index is 1.26. The molecule has 0 bridgehead atoms. The lowest BCUT2D eigenvalue weighted by Gasteiger charge is -1.60. The summed E-state index contributed by atoms with van der Waals surface area (Å²) in [7, 11) is 2.62. The lowest BCUT2D eigenvalue weighted by molar-refractivity contribution is 2.15. The highest BCUT2D eigenvalue weighted by atomic mass is 31.0. The zero-order chi connectivity index (χ0) is 4.41. The first-order valence-corrected chi connectivity index (χ1v) is 2.44. The Bertz CT molecular complexity index is 106. The van der Waals surface area contributed by atoms with Gasteiger partial charge in [-0.15, -0.1) is 0 Å². The Morgan fingerprint density at radius 1 is 1.17 bits per heavy atom. The van der Waals surface area contributed by atoms with E-state index < -0.39 is 0 Å². The number of rotatable bonds is 0. The summed E-state index contributed by atoms with van der Waals surface area (Å²) in [5, 5.41) is 1.26. The van der Waals surface area contributed by atoms with Crippen LogP contribution in [-0.2, 0) is 0 Å².